The SMILES string of the molecule is Fc1cccc(-c2noc(CNc3ncnc4ccncc34)n2)c1. The number of hydrogen-bond donors (Lipinski definition) is 1. The predicted octanol–water partition coefficient (Wildman–Crippen LogP) is 2.83. The first-order valence-corrected chi connectivity index (χ1v) is 7.17. The molecular weight excluding hydrogens is 311 g/mol. The second-order valence-corrected chi connectivity index (χ2v) is 4.99. The van der Waals surface area contributed by atoms with E-state index in [0.717, 1.165) is 10.9 Å². The largest absolute Gasteiger partial charge is 0.360 e. The highest BCUT2D eigenvalue weighted by molar-refractivity contribution is 5.87. The van der Waals surface area contributed by atoms with Crippen LogP contribution in [0.15, 0.2) is 53.6 Å². The number of pyridine rings is 1. The van der Waals surface area contributed by atoms with Crippen LogP contribution in [0.4, 0.5) is 10.2 Å². The van der Waals surface area contributed by atoms with E-state index in [2.05, 4.69) is 30.4 Å². The summed E-state index contributed by atoms with van der Waals surface area (Å²) in [6, 6.07) is 7.83. The maximum absolute atomic E-state index is 13.3. The summed E-state index contributed by atoms with van der Waals surface area (Å²) < 4.78 is 18.4. The number of benzene rings is 1. The average molecular weight is 322 g/mol. The average Bonchev–Trinajstić information content (AvgIpc) is 3.09. The molecule has 0 aliphatic carbocycles. The topological polar surface area (TPSA) is 89.6 Å². The zero-order valence-corrected chi connectivity index (χ0v) is 12.3. The summed E-state index contributed by atoms with van der Waals surface area (Å²) >= 11 is 0. The molecule has 0 amide bonds. The van der Waals surface area contributed by atoms with E-state index in [1.165, 1.54) is 18.5 Å². The normalized spacial score (nSPS) is 10.9. The molecule has 0 radical (unpaired) electrons. The number of nitrogens with zero attached hydrogens (tertiary/aromatic N) is 5. The van der Waals surface area contributed by atoms with Crippen molar-refractivity contribution in [3.8, 4) is 11.4 Å². The Morgan fingerprint density at radius 3 is 3.04 bits per heavy atom. The van der Waals surface area contributed by atoms with Crippen LogP contribution in [0.1, 0.15) is 5.89 Å². The molecule has 118 valence electrons. The van der Waals surface area contributed by atoms with Gasteiger partial charge < -0.3 is 9.84 Å². The molecule has 4 aromatic rings. The maximum Gasteiger partial charge on any atom is 0.246 e. The van der Waals surface area contributed by atoms with Crippen LogP contribution in [0, 0.1) is 5.82 Å². The fourth-order valence-electron chi connectivity index (χ4n) is 2.27. The van der Waals surface area contributed by atoms with E-state index < -0.39 is 0 Å². The van der Waals surface area contributed by atoms with Gasteiger partial charge in [-0.2, -0.15) is 4.98 Å². The Kier molecular flexibility index (Phi) is 3.54. The summed E-state index contributed by atoms with van der Waals surface area (Å²) in [5.41, 5.74) is 1.34. The van der Waals surface area contributed by atoms with Crippen molar-refractivity contribution in [2.45, 2.75) is 6.54 Å². The zero-order chi connectivity index (χ0) is 16.4. The number of aromatic nitrogens is 5. The second kappa shape index (κ2) is 5.99. The van der Waals surface area contributed by atoms with Crippen LogP contribution in [-0.2, 0) is 6.54 Å². The van der Waals surface area contributed by atoms with Crippen molar-refractivity contribution >= 4 is 16.7 Å². The molecule has 0 atom stereocenters. The number of fused-ring (bicyclic) bond motifs is 1. The van der Waals surface area contributed by atoms with E-state index >= 15 is 0 Å². The van der Waals surface area contributed by atoms with Gasteiger partial charge in [-0.3, -0.25) is 4.98 Å². The van der Waals surface area contributed by atoms with Gasteiger partial charge in [-0.1, -0.05) is 17.3 Å². The molecule has 24 heavy (non-hydrogen) atoms. The van der Waals surface area contributed by atoms with E-state index in [0.29, 0.717) is 23.1 Å². The highest BCUT2D eigenvalue weighted by Gasteiger charge is 2.10. The number of anilines is 1. The van der Waals surface area contributed by atoms with E-state index in [1.807, 2.05) is 0 Å². The standard InChI is InChI=1S/C16H11FN6O/c17-11-3-1-2-10(6-11)15-22-14(24-23-15)8-19-16-12-7-18-5-4-13(12)20-9-21-16/h1-7,9H,8H2,(H,19,20,21). The minimum atomic E-state index is -0.350. The van der Waals surface area contributed by atoms with Gasteiger partial charge in [-0.25, -0.2) is 14.4 Å². The minimum absolute atomic E-state index is 0.281. The molecule has 0 fully saturated rings. The highest BCUT2D eigenvalue weighted by atomic mass is 19.1. The van der Waals surface area contributed by atoms with E-state index in [-0.39, 0.29) is 12.4 Å². The predicted molar refractivity (Wildman–Crippen MR) is 84.4 cm³/mol. The van der Waals surface area contributed by atoms with Gasteiger partial charge in [0.25, 0.3) is 0 Å². The van der Waals surface area contributed by atoms with Crippen LogP contribution in [-0.4, -0.2) is 25.1 Å². The van der Waals surface area contributed by atoms with E-state index in [9.17, 15) is 4.39 Å². The minimum Gasteiger partial charge on any atom is -0.360 e. The van der Waals surface area contributed by atoms with Gasteiger partial charge in [0.15, 0.2) is 0 Å². The Hall–Kier alpha value is -3.42. The lowest BCUT2D eigenvalue weighted by molar-refractivity contribution is 0.384. The number of rotatable bonds is 4. The van der Waals surface area contributed by atoms with Gasteiger partial charge in [0.05, 0.1) is 17.4 Å². The van der Waals surface area contributed by atoms with Crippen molar-refractivity contribution in [2.75, 3.05) is 5.32 Å². The first kappa shape index (κ1) is 14.2. The second-order valence-electron chi connectivity index (χ2n) is 4.99. The Morgan fingerprint density at radius 2 is 2.12 bits per heavy atom. The third kappa shape index (κ3) is 2.76. The third-order valence-corrected chi connectivity index (χ3v) is 3.39. The molecule has 0 aliphatic rings. The van der Waals surface area contributed by atoms with E-state index in [1.54, 1.807) is 30.6 Å². The molecule has 8 heteroatoms. The van der Waals surface area contributed by atoms with Gasteiger partial charge in [-0.15, -0.1) is 0 Å². The van der Waals surface area contributed by atoms with Crippen LogP contribution in [0.3, 0.4) is 0 Å². The van der Waals surface area contributed by atoms with Crippen LogP contribution in [0.5, 0.6) is 0 Å². The lowest BCUT2D eigenvalue weighted by Gasteiger charge is -2.04. The van der Waals surface area contributed by atoms with Gasteiger partial charge in [0, 0.05) is 18.0 Å². The van der Waals surface area contributed by atoms with Gasteiger partial charge in [0.2, 0.25) is 11.7 Å². The molecule has 1 N–H and O–H groups in total. The molecule has 4 rings (SSSR count). The van der Waals surface area contributed by atoms with Crippen molar-refractivity contribution < 1.29 is 8.91 Å². The Morgan fingerprint density at radius 1 is 1.17 bits per heavy atom. The third-order valence-electron chi connectivity index (χ3n) is 3.39. The molecular formula is C16H11FN6O. The maximum atomic E-state index is 13.3. The summed E-state index contributed by atoms with van der Waals surface area (Å²) in [6.45, 7) is 0.281. The van der Waals surface area contributed by atoms with Crippen molar-refractivity contribution in [1.82, 2.24) is 25.1 Å². The summed E-state index contributed by atoms with van der Waals surface area (Å²) in [5, 5.41) is 7.78. The molecule has 1 aromatic carbocycles. The Labute approximate surface area is 135 Å². The number of nitrogens with one attached hydrogen (secondary N) is 1. The van der Waals surface area contributed by atoms with Crippen LogP contribution < -0.4 is 5.32 Å². The van der Waals surface area contributed by atoms with Gasteiger partial charge >= 0.3 is 0 Å². The van der Waals surface area contributed by atoms with E-state index in [4.69, 9.17) is 4.52 Å². The lowest BCUT2D eigenvalue weighted by atomic mass is 10.2. The van der Waals surface area contributed by atoms with Crippen LogP contribution in [0.25, 0.3) is 22.3 Å². The van der Waals surface area contributed by atoms with Crippen molar-refractivity contribution in [1.29, 1.82) is 0 Å². The Bertz CT molecular complexity index is 997. The molecule has 0 saturated heterocycles. The summed E-state index contributed by atoms with van der Waals surface area (Å²) in [5.74, 6) is 0.973. The summed E-state index contributed by atoms with van der Waals surface area (Å²) in [7, 11) is 0. The molecule has 0 bridgehead atoms. The first-order chi connectivity index (χ1) is 11.8. The van der Waals surface area contributed by atoms with Gasteiger partial charge in [-0.05, 0) is 18.2 Å². The smallest absolute Gasteiger partial charge is 0.246 e. The molecule has 0 aliphatic heterocycles. The van der Waals surface area contributed by atoms with Crippen molar-refractivity contribution in [3.63, 3.8) is 0 Å². The fourth-order valence-corrected chi connectivity index (χ4v) is 2.27. The fraction of sp³-hybridized carbons (Fsp3) is 0.0625. The monoisotopic (exact) mass is 322 g/mol. The molecule has 0 unspecified atom stereocenters. The lowest BCUT2D eigenvalue weighted by Crippen LogP contribution is -2.03. The van der Waals surface area contributed by atoms with Crippen molar-refractivity contribution in [2.24, 2.45) is 0 Å². The van der Waals surface area contributed by atoms with Crippen LogP contribution >= 0.6 is 0 Å². The van der Waals surface area contributed by atoms with Crippen LogP contribution in [0.2, 0.25) is 0 Å². The Balaban J connectivity index is 1.54. The molecule has 7 nitrogen and oxygen atoms in total. The van der Waals surface area contributed by atoms with Gasteiger partial charge in [0.1, 0.15) is 18.0 Å². The molecule has 3 aromatic heterocycles. The summed E-state index contributed by atoms with van der Waals surface area (Å²) in [6.07, 6.45) is 4.82. The van der Waals surface area contributed by atoms with Crippen molar-refractivity contribution in [3.05, 3.63) is 60.8 Å². The quantitative estimate of drug-likeness (QED) is 0.618. The molecule has 0 saturated carbocycles. The molecule has 0 spiro atoms. The highest BCUT2D eigenvalue weighted by Crippen LogP contribution is 2.19. The molecule has 3 heterocycles. The first-order valence-electron chi connectivity index (χ1n) is 7.17. The summed E-state index contributed by atoms with van der Waals surface area (Å²) in [4.78, 5) is 16.7. The number of hydrogen-bond acceptors (Lipinski definition) is 7. The number of halogens is 1. The zero-order valence-electron chi connectivity index (χ0n) is 12.3.